The van der Waals surface area contributed by atoms with Gasteiger partial charge >= 0.3 is 5.97 Å². The van der Waals surface area contributed by atoms with E-state index in [4.69, 9.17) is 27.3 Å². The number of nitrogens with two attached hydrogens (primary N) is 1. The zero-order valence-corrected chi connectivity index (χ0v) is 19.0. The topological polar surface area (TPSA) is 187 Å². The van der Waals surface area contributed by atoms with Crippen LogP contribution < -0.4 is 16.2 Å². The number of nitrogen functional groups attached to an aromatic ring is 1. The van der Waals surface area contributed by atoms with Gasteiger partial charge in [-0.15, -0.1) is 11.8 Å². The summed E-state index contributed by atoms with van der Waals surface area (Å²) < 4.78 is 0.00587. The molecule has 4 N–H and O–H groups in total. The first kappa shape index (κ1) is 23.8. The number of carboxylic acid groups (broad SMARTS) is 2. The van der Waals surface area contributed by atoms with Gasteiger partial charge in [-0.2, -0.15) is 0 Å². The Morgan fingerprint density at radius 3 is 2.72 bits per heavy atom. The number of halogens is 1. The van der Waals surface area contributed by atoms with Crippen LogP contribution in [0.2, 0.25) is 4.34 Å². The number of anilines is 1. The largest absolute Gasteiger partial charge is 0.543 e. The van der Waals surface area contributed by atoms with Crippen LogP contribution in [0.1, 0.15) is 26.0 Å². The quantitative estimate of drug-likeness (QED) is 0.235. The van der Waals surface area contributed by atoms with Crippen molar-refractivity contribution in [3.8, 4) is 0 Å². The summed E-state index contributed by atoms with van der Waals surface area (Å²) in [5.41, 5.74) is 5.36. The maximum atomic E-state index is 12.9. The van der Waals surface area contributed by atoms with Crippen LogP contribution in [-0.4, -0.2) is 67.7 Å². The highest BCUT2D eigenvalue weighted by Crippen LogP contribution is 2.40. The van der Waals surface area contributed by atoms with E-state index in [1.54, 1.807) is 6.92 Å². The minimum Gasteiger partial charge on any atom is -0.543 e. The molecule has 15 heteroatoms. The lowest BCUT2D eigenvalue weighted by Crippen LogP contribution is -2.71. The van der Waals surface area contributed by atoms with Crippen LogP contribution in [0.3, 0.4) is 0 Å². The van der Waals surface area contributed by atoms with Crippen LogP contribution in [0, 0.1) is 0 Å². The number of thioether (sulfide) groups is 1. The third-order valence-electron chi connectivity index (χ3n) is 4.65. The van der Waals surface area contributed by atoms with Crippen LogP contribution in [-0.2, 0) is 24.0 Å². The molecule has 2 amide bonds. The molecule has 3 heterocycles. The van der Waals surface area contributed by atoms with E-state index in [0.29, 0.717) is 17.7 Å². The van der Waals surface area contributed by atoms with E-state index in [2.05, 4.69) is 15.5 Å². The summed E-state index contributed by atoms with van der Waals surface area (Å²) in [6, 6.07) is -1.06. The van der Waals surface area contributed by atoms with Gasteiger partial charge in [0.05, 0.1) is 11.7 Å². The predicted molar refractivity (Wildman–Crippen MR) is 114 cm³/mol. The summed E-state index contributed by atoms with van der Waals surface area (Å²) in [7, 11) is 0. The van der Waals surface area contributed by atoms with Gasteiger partial charge in [0, 0.05) is 5.75 Å². The number of fused-ring (bicyclic) bond motifs is 1. The Balaban J connectivity index is 1.85. The van der Waals surface area contributed by atoms with Crippen molar-refractivity contribution in [3.05, 3.63) is 21.3 Å². The molecule has 172 valence electrons. The normalized spacial score (nSPS) is 21.5. The number of hydrogen-bond acceptors (Lipinski definition) is 11. The van der Waals surface area contributed by atoms with Crippen molar-refractivity contribution in [2.24, 2.45) is 5.16 Å². The Bertz CT molecular complexity index is 1060. The van der Waals surface area contributed by atoms with Crippen LogP contribution >= 0.6 is 34.7 Å². The van der Waals surface area contributed by atoms with E-state index < -0.39 is 47.0 Å². The fraction of sp³-hybridized carbons (Fsp3) is 0.412. The number of thiazole rings is 1. The Hall–Kier alpha value is -2.84. The standard InChI is InChI=1S/C17H18ClN5O7S2/c1-3-6-4-31-14-9(13(25)23(14)10(6)16(28)29)20-12(24)8(22-30-5(2)15(26)27)7-11(18)32-17(19)21-7/h5,9,14H,3-4H2,1-2H3,(H2,19,21)(H,20,24)(H,26,27)(H,28,29)/p-1/b22-8+/t5-,9?,14?/m0/s1. The van der Waals surface area contributed by atoms with E-state index >= 15 is 0 Å². The van der Waals surface area contributed by atoms with Gasteiger partial charge in [-0.05, 0) is 18.9 Å². The molecule has 1 fully saturated rings. The molecule has 1 aromatic rings. The van der Waals surface area contributed by atoms with Gasteiger partial charge in [-0.25, -0.2) is 9.78 Å². The summed E-state index contributed by atoms with van der Waals surface area (Å²) in [5, 5.41) is 25.9. The molecule has 12 nitrogen and oxygen atoms in total. The van der Waals surface area contributed by atoms with E-state index in [9.17, 15) is 24.3 Å². The molecule has 32 heavy (non-hydrogen) atoms. The average Bonchev–Trinajstić information content (AvgIpc) is 3.07. The number of hydrogen-bond donors (Lipinski definition) is 3. The Morgan fingerprint density at radius 2 is 2.19 bits per heavy atom. The lowest BCUT2D eigenvalue weighted by Gasteiger charge is -2.50. The highest BCUT2D eigenvalue weighted by atomic mass is 35.5. The number of nitrogens with zero attached hydrogens (tertiary/aromatic N) is 3. The molecule has 3 atom stereocenters. The predicted octanol–water partition coefficient (Wildman–Crippen LogP) is -0.614. The van der Waals surface area contributed by atoms with Gasteiger partial charge in [0.1, 0.15) is 21.4 Å². The maximum absolute atomic E-state index is 12.9. The number of amides is 2. The van der Waals surface area contributed by atoms with Gasteiger partial charge in [0.2, 0.25) is 6.10 Å². The van der Waals surface area contributed by atoms with Crippen molar-refractivity contribution in [2.45, 2.75) is 37.8 Å². The first-order valence-corrected chi connectivity index (χ1v) is 11.4. The molecular formula is C17H17ClN5O7S2-. The molecular weight excluding hydrogens is 486 g/mol. The summed E-state index contributed by atoms with van der Waals surface area (Å²) in [6.07, 6.45) is -0.950. The van der Waals surface area contributed by atoms with Crippen molar-refractivity contribution >= 4 is 69.3 Å². The minimum atomic E-state index is -1.46. The highest BCUT2D eigenvalue weighted by Gasteiger charge is 2.53. The van der Waals surface area contributed by atoms with Crippen molar-refractivity contribution in [1.29, 1.82) is 0 Å². The third-order valence-corrected chi connectivity index (χ3v) is 7.07. The number of carbonyl (C=O) groups is 4. The second-order valence-corrected chi connectivity index (χ2v) is 9.39. The first-order valence-electron chi connectivity index (χ1n) is 9.14. The van der Waals surface area contributed by atoms with Gasteiger partial charge in [0.25, 0.3) is 11.8 Å². The number of oxime groups is 1. The summed E-state index contributed by atoms with van der Waals surface area (Å²) in [4.78, 5) is 58.0. The summed E-state index contributed by atoms with van der Waals surface area (Å²) in [5.74, 6) is -3.99. The molecule has 0 bridgehead atoms. The second-order valence-electron chi connectivity index (χ2n) is 6.65. The molecule has 0 aliphatic carbocycles. The number of aromatic nitrogens is 1. The van der Waals surface area contributed by atoms with Crippen LogP contribution in [0.4, 0.5) is 5.13 Å². The van der Waals surface area contributed by atoms with Gasteiger partial charge < -0.3 is 30.9 Å². The molecule has 2 aliphatic rings. The van der Waals surface area contributed by atoms with Crippen LogP contribution in [0.25, 0.3) is 0 Å². The molecule has 0 radical (unpaired) electrons. The van der Waals surface area contributed by atoms with E-state index in [1.165, 1.54) is 18.7 Å². The third kappa shape index (κ3) is 4.38. The zero-order chi connectivity index (χ0) is 23.7. The smallest absolute Gasteiger partial charge is 0.347 e. The SMILES string of the molecule is CCC1=C(C(=O)[O-])N2C(=O)C(NC(=O)/C(=N/O[C@@H](C)C(=O)O)c3nc(N)sc3Cl)C2SC1. The van der Waals surface area contributed by atoms with Gasteiger partial charge in [0.15, 0.2) is 10.8 Å². The highest BCUT2D eigenvalue weighted by molar-refractivity contribution is 8.00. The van der Waals surface area contributed by atoms with Crippen LogP contribution in [0.15, 0.2) is 16.4 Å². The number of β-lactam (4-membered cyclic amide) rings is 1. The Kier molecular flexibility index (Phi) is 6.95. The second kappa shape index (κ2) is 9.34. The molecule has 1 aromatic heterocycles. The van der Waals surface area contributed by atoms with Crippen molar-refractivity contribution in [2.75, 3.05) is 11.5 Å². The number of carboxylic acids is 2. The Labute approximate surface area is 194 Å². The molecule has 0 aromatic carbocycles. The fourth-order valence-electron chi connectivity index (χ4n) is 2.98. The molecule has 1 saturated heterocycles. The molecule has 0 saturated carbocycles. The van der Waals surface area contributed by atoms with Gasteiger partial charge in [-0.1, -0.05) is 35.0 Å². The number of aliphatic carboxylic acids is 2. The van der Waals surface area contributed by atoms with Crippen LogP contribution in [0.5, 0.6) is 0 Å². The van der Waals surface area contributed by atoms with E-state index in [0.717, 1.165) is 16.2 Å². The molecule has 3 rings (SSSR count). The molecule has 0 spiro atoms. The average molecular weight is 503 g/mol. The monoisotopic (exact) mass is 502 g/mol. The van der Waals surface area contributed by atoms with Crippen molar-refractivity contribution in [1.82, 2.24) is 15.2 Å². The molecule has 2 unspecified atom stereocenters. The number of rotatable bonds is 8. The lowest BCUT2D eigenvalue weighted by atomic mass is 10.0. The molecule has 2 aliphatic heterocycles. The first-order chi connectivity index (χ1) is 15.1. The number of nitrogens with one attached hydrogen (secondary N) is 1. The Morgan fingerprint density at radius 1 is 1.50 bits per heavy atom. The summed E-state index contributed by atoms with van der Waals surface area (Å²) >= 11 is 8.21. The maximum Gasteiger partial charge on any atom is 0.347 e. The van der Waals surface area contributed by atoms with Crippen molar-refractivity contribution in [3.63, 3.8) is 0 Å². The van der Waals surface area contributed by atoms with E-state index in [-0.39, 0.29) is 20.9 Å². The number of carbonyl (C=O) groups excluding carboxylic acids is 3. The van der Waals surface area contributed by atoms with Crippen molar-refractivity contribution < 1.29 is 34.2 Å². The lowest BCUT2D eigenvalue weighted by molar-refractivity contribution is -0.301. The zero-order valence-electron chi connectivity index (χ0n) is 16.7. The fourth-order valence-corrected chi connectivity index (χ4v) is 5.36. The minimum absolute atomic E-state index is 0.00587. The summed E-state index contributed by atoms with van der Waals surface area (Å²) in [6.45, 7) is 2.97. The van der Waals surface area contributed by atoms with E-state index in [1.807, 2.05) is 0 Å². The van der Waals surface area contributed by atoms with Gasteiger partial charge in [-0.3, -0.25) is 14.5 Å².